The Morgan fingerprint density at radius 2 is 1.93 bits per heavy atom. The summed E-state index contributed by atoms with van der Waals surface area (Å²) >= 11 is 1.89. The molecule has 0 aromatic heterocycles. The standard InChI is InChI=1S/C8H14F3IO2/c1-3-13-6(2)14-7(4-5-12)8(9,10)11/h6-7H,3-5H2,1-2H3. The molecule has 0 aliphatic carbocycles. The molecule has 86 valence electrons. The van der Waals surface area contributed by atoms with Gasteiger partial charge in [0.05, 0.1) is 0 Å². The smallest absolute Gasteiger partial charge is 0.353 e. The number of hydrogen-bond donors (Lipinski definition) is 0. The summed E-state index contributed by atoms with van der Waals surface area (Å²) in [5.74, 6) is 0. The number of alkyl halides is 4. The molecule has 0 fully saturated rings. The third kappa shape index (κ3) is 6.02. The molecule has 0 aliphatic rings. The molecule has 0 spiro atoms. The molecule has 0 aromatic rings. The lowest BCUT2D eigenvalue weighted by Crippen LogP contribution is -2.35. The van der Waals surface area contributed by atoms with Crippen LogP contribution in [0.2, 0.25) is 0 Å². The topological polar surface area (TPSA) is 18.5 Å². The Labute approximate surface area is 95.3 Å². The predicted molar refractivity (Wildman–Crippen MR) is 55.5 cm³/mol. The molecule has 2 unspecified atom stereocenters. The van der Waals surface area contributed by atoms with E-state index in [-0.39, 0.29) is 6.42 Å². The van der Waals surface area contributed by atoms with Gasteiger partial charge < -0.3 is 9.47 Å². The highest BCUT2D eigenvalue weighted by Crippen LogP contribution is 2.27. The summed E-state index contributed by atoms with van der Waals surface area (Å²) in [6, 6.07) is 0. The third-order valence-corrected chi connectivity index (χ3v) is 2.12. The second-order valence-corrected chi connectivity index (χ2v) is 3.75. The van der Waals surface area contributed by atoms with E-state index in [0.717, 1.165) is 0 Å². The van der Waals surface area contributed by atoms with E-state index >= 15 is 0 Å². The molecule has 0 amide bonds. The summed E-state index contributed by atoms with van der Waals surface area (Å²) in [6.07, 6.45) is -6.88. The van der Waals surface area contributed by atoms with Gasteiger partial charge >= 0.3 is 6.18 Å². The lowest BCUT2D eigenvalue weighted by molar-refractivity contribution is -0.266. The molecule has 0 aromatic carbocycles. The minimum Gasteiger partial charge on any atom is -0.353 e. The maximum Gasteiger partial charge on any atom is 0.414 e. The monoisotopic (exact) mass is 326 g/mol. The minimum absolute atomic E-state index is 0.0402. The van der Waals surface area contributed by atoms with Gasteiger partial charge in [-0.05, 0) is 20.3 Å². The summed E-state index contributed by atoms with van der Waals surface area (Å²) in [5, 5.41) is 0. The highest BCUT2D eigenvalue weighted by molar-refractivity contribution is 14.1. The minimum atomic E-state index is -4.31. The number of halogens is 4. The fourth-order valence-corrected chi connectivity index (χ4v) is 1.48. The first-order chi connectivity index (χ1) is 6.41. The Morgan fingerprint density at radius 1 is 1.36 bits per heavy atom. The summed E-state index contributed by atoms with van der Waals surface area (Å²) in [7, 11) is 0. The van der Waals surface area contributed by atoms with Crippen LogP contribution in [0.5, 0.6) is 0 Å². The SMILES string of the molecule is CCOC(C)OC(CCI)C(F)(F)F. The van der Waals surface area contributed by atoms with E-state index in [9.17, 15) is 13.2 Å². The van der Waals surface area contributed by atoms with Crippen LogP contribution < -0.4 is 0 Å². The molecule has 0 heterocycles. The largest absolute Gasteiger partial charge is 0.414 e. The van der Waals surface area contributed by atoms with Crippen LogP contribution in [0.25, 0.3) is 0 Å². The first kappa shape index (κ1) is 14.4. The van der Waals surface area contributed by atoms with E-state index in [0.29, 0.717) is 11.0 Å². The van der Waals surface area contributed by atoms with Crippen LogP contribution in [0, 0.1) is 0 Å². The van der Waals surface area contributed by atoms with Crippen LogP contribution in [-0.2, 0) is 9.47 Å². The van der Waals surface area contributed by atoms with E-state index in [2.05, 4.69) is 0 Å². The molecule has 0 saturated carbocycles. The first-order valence-electron chi connectivity index (χ1n) is 4.31. The van der Waals surface area contributed by atoms with Gasteiger partial charge in [-0.2, -0.15) is 13.2 Å². The van der Waals surface area contributed by atoms with Crippen molar-refractivity contribution in [2.45, 2.75) is 38.8 Å². The fourth-order valence-electron chi connectivity index (χ4n) is 0.913. The van der Waals surface area contributed by atoms with E-state index in [4.69, 9.17) is 9.47 Å². The molecule has 0 aliphatic heterocycles. The van der Waals surface area contributed by atoms with Crippen LogP contribution in [0.15, 0.2) is 0 Å². The highest BCUT2D eigenvalue weighted by Gasteiger charge is 2.41. The molecular weight excluding hydrogens is 312 g/mol. The molecule has 6 heteroatoms. The van der Waals surface area contributed by atoms with Gasteiger partial charge in [-0.3, -0.25) is 0 Å². The summed E-state index contributed by atoms with van der Waals surface area (Å²) in [6.45, 7) is 3.52. The van der Waals surface area contributed by atoms with Crippen LogP contribution in [-0.4, -0.2) is 29.6 Å². The van der Waals surface area contributed by atoms with Gasteiger partial charge in [0.1, 0.15) is 0 Å². The molecular formula is C8H14F3IO2. The zero-order chi connectivity index (χ0) is 11.2. The zero-order valence-electron chi connectivity index (χ0n) is 8.10. The Morgan fingerprint density at radius 3 is 2.29 bits per heavy atom. The first-order valence-corrected chi connectivity index (χ1v) is 5.84. The number of hydrogen-bond acceptors (Lipinski definition) is 2. The van der Waals surface area contributed by atoms with Crippen molar-refractivity contribution in [3.05, 3.63) is 0 Å². The van der Waals surface area contributed by atoms with Crippen LogP contribution in [0.4, 0.5) is 13.2 Å². The van der Waals surface area contributed by atoms with E-state index in [1.54, 1.807) is 6.92 Å². The molecule has 0 rings (SSSR count). The van der Waals surface area contributed by atoms with Gasteiger partial charge in [0.2, 0.25) is 0 Å². The fraction of sp³-hybridized carbons (Fsp3) is 1.00. The highest BCUT2D eigenvalue weighted by atomic mass is 127. The normalized spacial score (nSPS) is 16.7. The van der Waals surface area contributed by atoms with Gasteiger partial charge in [0.25, 0.3) is 0 Å². The Bertz CT molecular complexity index is 152. The van der Waals surface area contributed by atoms with Crippen molar-refractivity contribution in [2.75, 3.05) is 11.0 Å². The lowest BCUT2D eigenvalue weighted by Gasteiger charge is -2.23. The number of rotatable bonds is 6. The molecule has 14 heavy (non-hydrogen) atoms. The third-order valence-electron chi connectivity index (χ3n) is 1.49. The Balaban J connectivity index is 4.09. The average Bonchev–Trinajstić information content (AvgIpc) is 2.02. The van der Waals surface area contributed by atoms with E-state index in [1.165, 1.54) is 6.92 Å². The van der Waals surface area contributed by atoms with Crippen molar-refractivity contribution in [3.63, 3.8) is 0 Å². The predicted octanol–water partition coefficient (Wildman–Crippen LogP) is 3.14. The van der Waals surface area contributed by atoms with Crippen LogP contribution >= 0.6 is 22.6 Å². The average molecular weight is 326 g/mol. The van der Waals surface area contributed by atoms with Gasteiger partial charge in [-0.15, -0.1) is 0 Å². The second kappa shape index (κ2) is 6.84. The maximum atomic E-state index is 12.3. The van der Waals surface area contributed by atoms with Crippen molar-refractivity contribution < 1.29 is 22.6 Å². The molecule has 2 nitrogen and oxygen atoms in total. The van der Waals surface area contributed by atoms with Crippen LogP contribution in [0.1, 0.15) is 20.3 Å². The quantitative estimate of drug-likeness (QED) is 0.424. The van der Waals surface area contributed by atoms with Crippen molar-refractivity contribution in [1.29, 1.82) is 0 Å². The second-order valence-electron chi connectivity index (χ2n) is 2.67. The Hall–Kier alpha value is 0.440. The number of ether oxygens (including phenoxy) is 2. The zero-order valence-corrected chi connectivity index (χ0v) is 10.3. The van der Waals surface area contributed by atoms with Gasteiger partial charge in [0.15, 0.2) is 12.4 Å². The molecule has 0 bridgehead atoms. The molecule has 0 radical (unpaired) electrons. The maximum absolute atomic E-state index is 12.3. The van der Waals surface area contributed by atoms with Crippen LogP contribution in [0.3, 0.4) is 0 Å². The molecule has 0 saturated heterocycles. The summed E-state index contributed by atoms with van der Waals surface area (Å²) in [5.41, 5.74) is 0. The van der Waals surface area contributed by atoms with Crippen molar-refractivity contribution in [3.8, 4) is 0 Å². The van der Waals surface area contributed by atoms with Crippen molar-refractivity contribution >= 4 is 22.6 Å². The van der Waals surface area contributed by atoms with Crippen molar-refractivity contribution in [1.82, 2.24) is 0 Å². The van der Waals surface area contributed by atoms with Gasteiger partial charge in [0, 0.05) is 11.0 Å². The lowest BCUT2D eigenvalue weighted by atomic mass is 10.3. The summed E-state index contributed by atoms with van der Waals surface area (Å²) < 4.78 is 47.0. The van der Waals surface area contributed by atoms with Gasteiger partial charge in [-0.25, -0.2) is 0 Å². The Kier molecular flexibility index (Phi) is 7.05. The van der Waals surface area contributed by atoms with E-state index in [1.807, 2.05) is 22.6 Å². The molecule has 0 N–H and O–H groups in total. The molecule has 2 atom stereocenters. The van der Waals surface area contributed by atoms with Gasteiger partial charge in [-0.1, -0.05) is 22.6 Å². The van der Waals surface area contributed by atoms with Crippen molar-refractivity contribution in [2.24, 2.45) is 0 Å². The van der Waals surface area contributed by atoms with E-state index < -0.39 is 18.6 Å². The summed E-state index contributed by atoms with van der Waals surface area (Å²) in [4.78, 5) is 0.